The van der Waals surface area contributed by atoms with E-state index >= 15 is 0 Å². The first-order valence-electron chi connectivity index (χ1n) is 7.99. The molecule has 0 aliphatic carbocycles. The summed E-state index contributed by atoms with van der Waals surface area (Å²) in [6.45, 7) is 4.10. The van der Waals surface area contributed by atoms with Crippen molar-refractivity contribution in [1.82, 2.24) is 10.2 Å². The lowest BCUT2D eigenvalue weighted by molar-refractivity contribution is -0.00000563. The molecule has 0 atom stereocenters. The van der Waals surface area contributed by atoms with Crippen molar-refractivity contribution in [1.29, 1.82) is 0 Å². The molecule has 0 bridgehead atoms. The number of ether oxygens (including phenoxy) is 2. The fourth-order valence-electron chi connectivity index (χ4n) is 2.04. The predicted molar refractivity (Wildman–Crippen MR) is 94.1 cm³/mol. The number of hydrogen-bond donors (Lipinski definition) is 1. The molecule has 2 aromatic carbocycles. The average Bonchev–Trinajstić information content (AvgIpc) is 2.58. The Morgan fingerprint density at radius 2 is 1.46 bits per heavy atom. The molecule has 24 heavy (non-hydrogen) atoms. The Balaban J connectivity index is 0.00000288. The molecule has 0 radical (unpaired) electrons. The van der Waals surface area contributed by atoms with Crippen LogP contribution < -0.4 is 27.2 Å². The first-order chi connectivity index (χ1) is 11.2. The Bertz CT molecular complexity index is 547. The van der Waals surface area contributed by atoms with E-state index in [1.54, 1.807) is 0 Å². The van der Waals surface area contributed by atoms with E-state index in [1.165, 1.54) is 0 Å². The molecule has 5 heteroatoms. The van der Waals surface area contributed by atoms with Crippen LogP contribution in [0.25, 0.3) is 0 Å². The van der Waals surface area contributed by atoms with Crippen LogP contribution in [0.1, 0.15) is 5.56 Å². The van der Waals surface area contributed by atoms with Crippen LogP contribution in [0.4, 0.5) is 0 Å². The summed E-state index contributed by atoms with van der Waals surface area (Å²) in [4.78, 5) is 2.15. The summed E-state index contributed by atoms with van der Waals surface area (Å²) < 4.78 is 11.5. The van der Waals surface area contributed by atoms with Crippen molar-refractivity contribution >= 4 is 0 Å². The van der Waals surface area contributed by atoms with Gasteiger partial charge < -0.3 is 32.1 Å². The van der Waals surface area contributed by atoms with E-state index in [4.69, 9.17) is 9.47 Å². The third-order valence-corrected chi connectivity index (χ3v) is 3.36. The largest absolute Gasteiger partial charge is 1.00 e. The third-order valence-electron chi connectivity index (χ3n) is 3.36. The Morgan fingerprint density at radius 1 is 0.833 bits per heavy atom. The summed E-state index contributed by atoms with van der Waals surface area (Å²) in [5.41, 5.74) is 1.16. The molecular formula is C19H26ClN2O2-. The van der Waals surface area contributed by atoms with Gasteiger partial charge in [0.2, 0.25) is 0 Å². The molecule has 0 aromatic heterocycles. The van der Waals surface area contributed by atoms with Crippen LogP contribution in [0.3, 0.4) is 0 Å². The summed E-state index contributed by atoms with van der Waals surface area (Å²) in [6, 6.07) is 17.9. The van der Waals surface area contributed by atoms with E-state index in [-0.39, 0.29) is 12.4 Å². The molecule has 1 N–H and O–H groups in total. The smallest absolute Gasteiger partial charge is 0.120 e. The van der Waals surface area contributed by atoms with E-state index in [2.05, 4.69) is 36.4 Å². The maximum atomic E-state index is 5.75. The van der Waals surface area contributed by atoms with Crippen LogP contribution >= 0.6 is 0 Å². The van der Waals surface area contributed by atoms with Crippen molar-refractivity contribution in [2.24, 2.45) is 0 Å². The van der Waals surface area contributed by atoms with E-state index in [9.17, 15) is 0 Å². The Labute approximate surface area is 151 Å². The molecule has 0 saturated carbocycles. The Hall–Kier alpha value is -1.75. The molecule has 4 nitrogen and oxygen atoms in total. The normalized spacial score (nSPS) is 10.3. The summed E-state index contributed by atoms with van der Waals surface area (Å²) >= 11 is 0. The second kappa shape index (κ2) is 11.7. The van der Waals surface area contributed by atoms with Crippen molar-refractivity contribution in [3.63, 3.8) is 0 Å². The van der Waals surface area contributed by atoms with Crippen molar-refractivity contribution in [3.8, 4) is 11.5 Å². The highest BCUT2D eigenvalue weighted by atomic mass is 35.5. The van der Waals surface area contributed by atoms with Crippen LogP contribution in [0, 0.1) is 0 Å². The van der Waals surface area contributed by atoms with Gasteiger partial charge in [0.05, 0.1) is 0 Å². The maximum absolute atomic E-state index is 5.75. The highest BCUT2D eigenvalue weighted by Crippen LogP contribution is 2.18. The van der Waals surface area contributed by atoms with Crippen molar-refractivity contribution in [2.75, 3.05) is 40.3 Å². The highest BCUT2D eigenvalue weighted by molar-refractivity contribution is 5.31. The standard InChI is InChI=1S/C19H26N2O2.ClH/c1-21(2)14-12-20-13-15-22-18-8-10-19(11-9-18)23-16-17-6-4-3-5-7-17;/h3-11,20H,12-16H2,1-2H3;1H/p-1. The highest BCUT2D eigenvalue weighted by Gasteiger charge is 1.98. The first kappa shape index (κ1) is 20.3. The fourth-order valence-corrected chi connectivity index (χ4v) is 2.04. The van der Waals surface area contributed by atoms with E-state index in [0.29, 0.717) is 13.2 Å². The SMILES string of the molecule is CN(C)CCNCCOc1ccc(OCc2ccccc2)cc1.[Cl-]. The van der Waals surface area contributed by atoms with Gasteiger partial charge in [-0.2, -0.15) is 0 Å². The van der Waals surface area contributed by atoms with Gasteiger partial charge in [-0.15, -0.1) is 0 Å². The number of nitrogens with zero attached hydrogens (tertiary/aromatic N) is 1. The van der Waals surface area contributed by atoms with Gasteiger partial charge in [-0.1, -0.05) is 30.3 Å². The number of benzene rings is 2. The molecule has 0 aliphatic rings. The molecule has 0 heterocycles. The van der Waals surface area contributed by atoms with Crippen LogP contribution in [-0.2, 0) is 6.61 Å². The molecule has 0 fully saturated rings. The Kier molecular flexibility index (Phi) is 9.92. The van der Waals surface area contributed by atoms with Crippen LogP contribution in [0.15, 0.2) is 54.6 Å². The average molecular weight is 350 g/mol. The lowest BCUT2D eigenvalue weighted by atomic mass is 10.2. The minimum atomic E-state index is 0. The van der Waals surface area contributed by atoms with Gasteiger partial charge in [0.25, 0.3) is 0 Å². The molecule has 0 unspecified atom stereocenters. The predicted octanol–water partition coefficient (Wildman–Crippen LogP) is -0.200. The van der Waals surface area contributed by atoms with Gasteiger partial charge in [0.1, 0.15) is 24.7 Å². The summed E-state index contributed by atoms with van der Waals surface area (Å²) in [7, 11) is 4.14. The zero-order valence-corrected chi connectivity index (χ0v) is 15.1. The monoisotopic (exact) mass is 349 g/mol. The van der Waals surface area contributed by atoms with Crippen LogP contribution in [0.5, 0.6) is 11.5 Å². The van der Waals surface area contributed by atoms with Gasteiger partial charge >= 0.3 is 0 Å². The van der Waals surface area contributed by atoms with Gasteiger partial charge in [0, 0.05) is 19.6 Å². The number of likely N-dealkylation sites (N-methyl/N-ethyl adjacent to an activating group) is 1. The second-order valence-electron chi connectivity index (χ2n) is 5.65. The molecule has 0 saturated heterocycles. The van der Waals surface area contributed by atoms with Gasteiger partial charge in [-0.25, -0.2) is 0 Å². The second-order valence-corrected chi connectivity index (χ2v) is 5.65. The quantitative estimate of drug-likeness (QED) is 0.602. The van der Waals surface area contributed by atoms with E-state index < -0.39 is 0 Å². The number of hydrogen-bond acceptors (Lipinski definition) is 4. The van der Waals surface area contributed by atoms with E-state index in [0.717, 1.165) is 36.7 Å². The first-order valence-corrected chi connectivity index (χ1v) is 7.99. The minimum absolute atomic E-state index is 0. The van der Waals surface area contributed by atoms with Crippen LogP contribution in [0.2, 0.25) is 0 Å². The molecule has 132 valence electrons. The molecular weight excluding hydrogens is 324 g/mol. The van der Waals surface area contributed by atoms with Gasteiger partial charge in [-0.3, -0.25) is 0 Å². The zero-order chi connectivity index (χ0) is 16.3. The van der Waals surface area contributed by atoms with Gasteiger partial charge in [0.15, 0.2) is 0 Å². The maximum Gasteiger partial charge on any atom is 0.120 e. The number of halogens is 1. The third kappa shape index (κ3) is 8.20. The summed E-state index contributed by atoms with van der Waals surface area (Å²) in [6.07, 6.45) is 0. The van der Waals surface area contributed by atoms with Gasteiger partial charge in [-0.05, 0) is 43.9 Å². The molecule has 0 amide bonds. The van der Waals surface area contributed by atoms with Crippen LogP contribution in [-0.4, -0.2) is 45.2 Å². The lowest BCUT2D eigenvalue weighted by Gasteiger charge is -2.11. The lowest BCUT2D eigenvalue weighted by Crippen LogP contribution is -3.00. The van der Waals surface area contributed by atoms with Crippen molar-refractivity contribution in [2.45, 2.75) is 6.61 Å². The fraction of sp³-hybridized carbons (Fsp3) is 0.368. The molecule has 2 aromatic rings. The van der Waals surface area contributed by atoms with E-state index in [1.807, 2.05) is 42.5 Å². The Morgan fingerprint density at radius 3 is 2.08 bits per heavy atom. The van der Waals surface area contributed by atoms with Crippen molar-refractivity contribution < 1.29 is 21.9 Å². The molecule has 0 spiro atoms. The summed E-state index contributed by atoms with van der Waals surface area (Å²) in [5.74, 6) is 1.72. The van der Waals surface area contributed by atoms with Crippen molar-refractivity contribution in [3.05, 3.63) is 60.2 Å². The summed E-state index contributed by atoms with van der Waals surface area (Å²) in [5, 5.41) is 3.35. The topological polar surface area (TPSA) is 33.7 Å². The molecule has 2 rings (SSSR count). The number of nitrogens with one attached hydrogen (secondary N) is 1. The minimum Gasteiger partial charge on any atom is -1.00 e. The zero-order valence-electron chi connectivity index (χ0n) is 14.4. The molecule has 0 aliphatic heterocycles. The number of rotatable bonds is 10.